The Hall–Kier alpha value is -2.37. The van der Waals surface area contributed by atoms with Crippen LogP contribution in [-0.2, 0) is 9.40 Å². The molecule has 0 saturated carbocycles. The average Bonchev–Trinajstić information content (AvgIpc) is 2.69. The molecule has 2 aromatic rings. The molecule has 7 nitrogen and oxygen atoms in total. The zero-order chi connectivity index (χ0) is 20.5. The number of phosphoric acid groups is 1. The van der Waals surface area contributed by atoms with Crippen molar-refractivity contribution >= 4 is 7.82 Å². The monoisotopic (exact) mass is 409 g/mol. The molecule has 0 unspecified atom stereocenters. The van der Waals surface area contributed by atoms with Gasteiger partial charge in [-0.15, -0.1) is 4.91 Å². The Labute approximate surface area is 166 Å². The number of unbranched alkanes of at least 4 members (excludes halogenated alkanes) is 5. The Morgan fingerprint density at radius 3 is 1.75 bits per heavy atom. The molecule has 2 aromatic carbocycles. The smallest absolute Gasteiger partial charge is 0.395 e. The summed E-state index contributed by atoms with van der Waals surface area (Å²) in [5.41, 5.74) is 0. The number of benzene rings is 2. The van der Waals surface area contributed by atoms with Crippen molar-refractivity contribution in [1.82, 2.24) is 0 Å². The molecule has 154 valence electrons. The first kappa shape index (κ1) is 23.7. The summed E-state index contributed by atoms with van der Waals surface area (Å²) in [5, 5.41) is 2.32. The summed E-state index contributed by atoms with van der Waals surface area (Å²) in [6.45, 7) is 2.68. The predicted molar refractivity (Wildman–Crippen MR) is 109 cm³/mol. The van der Waals surface area contributed by atoms with E-state index in [1.54, 1.807) is 60.7 Å². The molecule has 8 heteroatoms. The molecular weight excluding hydrogens is 381 g/mol. The summed E-state index contributed by atoms with van der Waals surface area (Å²) >= 11 is 0. The lowest BCUT2D eigenvalue weighted by Crippen LogP contribution is -1.99. The minimum absolute atomic E-state index is 0.286. The highest BCUT2D eigenvalue weighted by atomic mass is 31.2. The van der Waals surface area contributed by atoms with E-state index in [-0.39, 0.29) is 11.5 Å². The molecule has 0 spiro atoms. The highest BCUT2D eigenvalue weighted by Crippen LogP contribution is 2.44. The van der Waals surface area contributed by atoms with Crippen LogP contribution in [0, 0.1) is 4.91 Å². The van der Waals surface area contributed by atoms with Crippen LogP contribution in [0.15, 0.2) is 66.0 Å². The summed E-state index contributed by atoms with van der Waals surface area (Å²) in [6, 6.07) is 16.7. The lowest BCUT2D eigenvalue weighted by Gasteiger charge is -2.13. The van der Waals surface area contributed by atoms with Crippen LogP contribution in [0.25, 0.3) is 0 Å². The van der Waals surface area contributed by atoms with Crippen molar-refractivity contribution in [3.8, 4) is 11.5 Å². The maximum Gasteiger partial charge on any atom is 0.584 e. The molecule has 2 rings (SSSR count). The molecule has 0 aliphatic rings. The van der Waals surface area contributed by atoms with E-state index in [0.29, 0.717) is 6.61 Å². The maximum atomic E-state index is 11.7. The van der Waals surface area contributed by atoms with Crippen LogP contribution in [-0.4, -0.2) is 11.5 Å². The van der Waals surface area contributed by atoms with Crippen LogP contribution < -0.4 is 9.05 Å². The largest absolute Gasteiger partial charge is 0.584 e. The average molecular weight is 409 g/mol. The van der Waals surface area contributed by atoms with Crippen molar-refractivity contribution in [1.29, 1.82) is 0 Å². The van der Waals surface area contributed by atoms with Gasteiger partial charge in [-0.05, 0) is 37.1 Å². The Bertz CT molecular complexity index is 638. The van der Waals surface area contributed by atoms with Gasteiger partial charge in [0.15, 0.2) is 5.34 Å². The second-order valence-electron chi connectivity index (χ2n) is 5.95. The van der Waals surface area contributed by atoms with Crippen LogP contribution in [0.1, 0.15) is 45.4 Å². The fourth-order valence-corrected chi connectivity index (χ4v) is 3.05. The van der Waals surface area contributed by atoms with Gasteiger partial charge in [0.1, 0.15) is 18.1 Å². The van der Waals surface area contributed by atoms with Crippen molar-refractivity contribution in [3.05, 3.63) is 65.6 Å². The van der Waals surface area contributed by atoms with Crippen molar-refractivity contribution in [2.45, 2.75) is 45.4 Å². The van der Waals surface area contributed by atoms with E-state index in [4.69, 9.17) is 9.05 Å². The standard InChI is InChI=1S/C12H11O4P.C8H17NO2/c13-17(14,15-11-7-3-1-4-8-11)16-12-9-5-2-6-10-12;1-2-3-4-5-6-7-8-11-9-10/h1-10H,(H,13,14);2-8H2,1H3. The van der Waals surface area contributed by atoms with Gasteiger partial charge in [0.05, 0.1) is 0 Å². The molecule has 0 bridgehead atoms. The van der Waals surface area contributed by atoms with E-state index in [1.165, 1.54) is 25.7 Å². The Kier molecular flexibility index (Phi) is 12.4. The molecule has 0 heterocycles. The molecule has 0 fully saturated rings. The van der Waals surface area contributed by atoms with Gasteiger partial charge in [0, 0.05) is 0 Å². The lowest BCUT2D eigenvalue weighted by molar-refractivity contribution is 0.135. The second-order valence-corrected chi connectivity index (χ2v) is 7.26. The second kappa shape index (κ2) is 14.7. The number of nitrogens with zero attached hydrogens (tertiary/aromatic N) is 1. The van der Waals surface area contributed by atoms with Gasteiger partial charge in [-0.2, -0.15) is 0 Å². The molecule has 0 aromatic heterocycles. The first-order valence-corrected chi connectivity index (χ1v) is 10.8. The van der Waals surface area contributed by atoms with Crippen molar-refractivity contribution in [2.75, 3.05) is 6.61 Å². The normalized spacial score (nSPS) is 10.4. The van der Waals surface area contributed by atoms with Crippen LogP contribution in [0.3, 0.4) is 0 Å². The highest BCUT2D eigenvalue weighted by molar-refractivity contribution is 7.48. The fraction of sp³-hybridized carbons (Fsp3) is 0.400. The molecule has 0 saturated heterocycles. The van der Waals surface area contributed by atoms with Gasteiger partial charge >= 0.3 is 7.82 Å². The van der Waals surface area contributed by atoms with E-state index in [2.05, 4.69) is 17.1 Å². The van der Waals surface area contributed by atoms with E-state index in [1.807, 2.05) is 0 Å². The third-order valence-electron chi connectivity index (χ3n) is 3.57. The number of hydrogen-bond donors (Lipinski definition) is 1. The minimum atomic E-state index is -4.14. The Morgan fingerprint density at radius 1 is 0.821 bits per heavy atom. The van der Waals surface area contributed by atoms with E-state index in [9.17, 15) is 14.4 Å². The fourth-order valence-electron chi connectivity index (χ4n) is 2.23. The Balaban J connectivity index is 0.000000311. The summed E-state index contributed by atoms with van der Waals surface area (Å²) in [7, 11) is -4.14. The molecular formula is C20H28NO6P. The van der Waals surface area contributed by atoms with Crippen LogP contribution in [0.4, 0.5) is 0 Å². The van der Waals surface area contributed by atoms with Crippen molar-refractivity contribution < 1.29 is 23.3 Å². The predicted octanol–water partition coefficient (Wildman–Crippen LogP) is 6.29. The van der Waals surface area contributed by atoms with Gasteiger partial charge in [0.25, 0.3) is 0 Å². The number of phosphoric ester groups is 1. The van der Waals surface area contributed by atoms with Crippen LogP contribution in [0.2, 0.25) is 0 Å². The zero-order valence-electron chi connectivity index (χ0n) is 16.1. The highest BCUT2D eigenvalue weighted by Gasteiger charge is 2.24. The van der Waals surface area contributed by atoms with Gasteiger partial charge in [-0.3, -0.25) is 4.89 Å². The van der Waals surface area contributed by atoms with Crippen molar-refractivity contribution in [3.63, 3.8) is 0 Å². The quantitative estimate of drug-likeness (QED) is 0.192. The molecule has 0 radical (unpaired) electrons. The molecule has 0 aliphatic heterocycles. The third kappa shape index (κ3) is 12.1. The molecule has 0 amide bonds. The Morgan fingerprint density at radius 2 is 1.29 bits per heavy atom. The van der Waals surface area contributed by atoms with Crippen molar-refractivity contribution in [2.24, 2.45) is 5.34 Å². The van der Waals surface area contributed by atoms with Gasteiger partial charge < -0.3 is 13.9 Å². The summed E-state index contributed by atoms with van der Waals surface area (Å²) in [4.78, 5) is 23.3. The summed E-state index contributed by atoms with van der Waals surface area (Å²) in [6.07, 6.45) is 7.23. The van der Waals surface area contributed by atoms with Gasteiger partial charge in [-0.25, -0.2) is 4.57 Å². The topological polar surface area (TPSA) is 94.4 Å². The van der Waals surface area contributed by atoms with E-state index < -0.39 is 7.82 Å². The minimum Gasteiger partial charge on any atom is -0.395 e. The lowest BCUT2D eigenvalue weighted by atomic mass is 10.1. The maximum absolute atomic E-state index is 11.7. The van der Waals surface area contributed by atoms with Gasteiger partial charge in [-0.1, -0.05) is 69.0 Å². The van der Waals surface area contributed by atoms with E-state index in [0.717, 1.165) is 12.8 Å². The van der Waals surface area contributed by atoms with Crippen LogP contribution in [0.5, 0.6) is 11.5 Å². The molecule has 0 aliphatic carbocycles. The first-order chi connectivity index (χ1) is 13.6. The first-order valence-electron chi connectivity index (χ1n) is 9.34. The molecule has 0 atom stereocenters. The van der Waals surface area contributed by atoms with Crippen LogP contribution >= 0.6 is 7.82 Å². The number of hydrogen-bond acceptors (Lipinski definition) is 6. The number of para-hydroxylation sites is 2. The van der Waals surface area contributed by atoms with Gasteiger partial charge in [0.2, 0.25) is 0 Å². The summed E-state index contributed by atoms with van der Waals surface area (Å²) in [5.74, 6) is 0.573. The third-order valence-corrected chi connectivity index (χ3v) is 4.45. The molecule has 28 heavy (non-hydrogen) atoms. The van der Waals surface area contributed by atoms with E-state index >= 15 is 0 Å². The molecule has 1 N–H and O–H groups in total. The number of rotatable bonds is 12. The zero-order valence-corrected chi connectivity index (χ0v) is 17.0. The summed E-state index contributed by atoms with van der Waals surface area (Å²) < 4.78 is 21.5. The SMILES string of the molecule is CCCCCCCCON=O.O=P(O)(Oc1ccccc1)Oc1ccccc1.